The molecule has 1 aliphatic rings. The molecule has 0 bridgehead atoms. The number of benzene rings is 1. The second kappa shape index (κ2) is 7.80. The molecule has 3 heterocycles. The minimum absolute atomic E-state index is 0.105. The number of hydrogen-bond donors (Lipinski definition) is 1. The standard InChI is InChI=1S/C21H23N3O3/c1-15-6-4-10-24-16(13-22-21(15)24)12-20(25)23-18-8-2-3-9-19(18)27-14-17-7-5-11-26-17/h2-4,6,8-10,13,17H,5,7,11-12,14H2,1H3,(H,23,25). The zero-order valence-corrected chi connectivity index (χ0v) is 15.4. The summed E-state index contributed by atoms with van der Waals surface area (Å²) in [6.45, 7) is 3.30. The molecule has 1 N–H and O–H groups in total. The summed E-state index contributed by atoms with van der Waals surface area (Å²) in [6, 6.07) is 11.5. The highest BCUT2D eigenvalue weighted by Crippen LogP contribution is 2.25. The van der Waals surface area contributed by atoms with Gasteiger partial charge in [-0.2, -0.15) is 0 Å². The number of imidazole rings is 1. The van der Waals surface area contributed by atoms with Crippen molar-refractivity contribution in [2.45, 2.75) is 32.3 Å². The maximum atomic E-state index is 12.6. The van der Waals surface area contributed by atoms with Crippen LogP contribution in [0.3, 0.4) is 0 Å². The molecule has 6 heteroatoms. The quantitative estimate of drug-likeness (QED) is 0.727. The van der Waals surface area contributed by atoms with Crippen molar-refractivity contribution in [2.75, 3.05) is 18.5 Å². The number of carbonyl (C=O) groups excluding carboxylic acids is 1. The summed E-state index contributed by atoms with van der Waals surface area (Å²) in [7, 11) is 0. The van der Waals surface area contributed by atoms with Crippen molar-refractivity contribution in [3.8, 4) is 5.75 Å². The molecular formula is C21H23N3O3. The average molecular weight is 365 g/mol. The maximum Gasteiger partial charge on any atom is 0.230 e. The molecule has 1 amide bonds. The molecule has 1 aliphatic heterocycles. The largest absolute Gasteiger partial charge is 0.489 e. The van der Waals surface area contributed by atoms with Gasteiger partial charge in [-0.05, 0) is 43.5 Å². The third-order valence-corrected chi connectivity index (χ3v) is 4.76. The van der Waals surface area contributed by atoms with Crippen LogP contribution < -0.4 is 10.1 Å². The van der Waals surface area contributed by atoms with E-state index in [1.807, 2.05) is 53.9 Å². The van der Waals surface area contributed by atoms with Gasteiger partial charge < -0.3 is 19.2 Å². The van der Waals surface area contributed by atoms with Crippen molar-refractivity contribution in [1.82, 2.24) is 9.38 Å². The van der Waals surface area contributed by atoms with Gasteiger partial charge in [0.2, 0.25) is 5.91 Å². The van der Waals surface area contributed by atoms with Gasteiger partial charge in [0.15, 0.2) is 0 Å². The van der Waals surface area contributed by atoms with Crippen molar-refractivity contribution in [3.63, 3.8) is 0 Å². The van der Waals surface area contributed by atoms with Crippen LogP contribution in [0.2, 0.25) is 0 Å². The molecule has 6 nitrogen and oxygen atoms in total. The molecule has 0 saturated carbocycles. The second-order valence-electron chi connectivity index (χ2n) is 6.80. The van der Waals surface area contributed by atoms with Crippen LogP contribution in [0, 0.1) is 6.92 Å². The summed E-state index contributed by atoms with van der Waals surface area (Å²) in [5.74, 6) is 0.557. The third kappa shape index (κ3) is 3.95. The van der Waals surface area contributed by atoms with Crippen molar-refractivity contribution in [2.24, 2.45) is 0 Å². The minimum atomic E-state index is -0.105. The molecule has 4 rings (SSSR count). The molecule has 27 heavy (non-hydrogen) atoms. The first-order valence-corrected chi connectivity index (χ1v) is 9.25. The van der Waals surface area contributed by atoms with Gasteiger partial charge in [0, 0.05) is 19.0 Å². The Kier molecular flexibility index (Phi) is 5.07. The molecule has 0 radical (unpaired) electrons. The number of nitrogens with one attached hydrogen (secondary N) is 1. The van der Waals surface area contributed by atoms with Gasteiger partial charge in [-0.25, -0.2) is 4.98 Å². The number of aromatic nitrogens is 2. The summed E-state index contributed by atoms with van der Waals surface area (Å²) in [5, 5.41) is 2.96. The van der Waals surface area contributed by atoms with E-state index in [1.165, 1.54) is 0 Å². The SMILES string of the molecule is Cc1cccn2c(CC(=O)Nc3ccccc3OCC3CCCO3)cnc12. The number of aryl methyl sites for hydroxylation is 1. The molecule has 1 atom stereocenters. The lowest BCUT2D eigenvalue weighted by Crippen LogP contribution is -2.19. The van der Waals surface area contributed by atoms with E-state index in [0.29, 0.717) is 18.0 Å². The lowest BCUT2D eigenvalue weighted by molar-refractivity contribution is -0.115. The number of pyridine rings is 1. The highest BCUT2D eigenvalue weighted by atomic mass is 16.5. The van der Waals surface area contributed by atoms with Gasteiger partial charge >= 0.3 is 0 Å². The zero-order valence-electron chi connectivity index (χ0n) is 15.4. The number of hydrogen-bond acceptors (Lipinski definition) is 4. The molecule has 3 aromatic rings. The van der Waals surface area contributed by atoms with Crippen molar-refractivity contribution < 1.29 is 14.3 Å². The van der Waals surface area contributed by atoms with Gasteiger partial charge in [-0.1, -0.05) is 18.2 Å². The lowest BCUT2D eigenvalue weighted by Gasteiger charge is -2.15. The number of nitrogens with zero attached hydrogens (tertiary/aromatic N) is 2. The molecule has 1 aromatic carbocycles. The fourth-order valence-electron chi connectivity index (χ4n) is 3.35. The van der Waals surface area contributed by atoms with Gasteiger partial charge in [0.25, 0.3) is 0 Å². The molecule has 2 aromatic heterocycles. The van der Waals surface area contributed by atoms with Crippen LogP contribution in [0.15, 0.2) is 48.8 Å². The van der Waals surface area contributed by atoms with Crippen LogP contribution in [0.5, 0.6) is 5.75 Å². The molecule has 1 fully saturated rings. The molecule has 0 spiro atoms. The summed E-state index contributed by atoms with van der Waals surface area (Å²) < 4.78 is 13.4. The van der Waals surface area contributed by atoms with Crippen LogP contribution >= 0.6 is 0 Å². The van der Waals surface area contributed by atoms with Gasteiger partial charge in [0.05, 0.1) is 23.9 Å². The van der Waals surface area contributed by atoms with Crippen LogP contribution in [0.4, 0.5) is 5.69 Å². The Bertz CT molecular complexity index is 945. The summed E-state index contributed by atoms with van der Waals surface area (Å²) in [6.07, 6.45) is 6.14. The first-order chi connectivity index (χ1) is 13.2. The number of rotatable bonds is 6. The second-order valence-corrected chi connectivity index (χ2v) is 6.80. The van der Waals surface area contributed by atoms with Crippen LogP contribution in [-0.4, -0.2) is 34.6 Å². The topological polar surface area (TPSA) is 64.9 Å². The summed E-state index contributed by atoms with van der Waals surface area (Å²) in [5.41, 5.74) is 3.48. The third-order valence-electron chi connectivity index (χ3n) is 4.76. The Labute approximate surface area is 158 Å². The number of amides is 1. The molecule has 1 unspecified atom stereocenters. The van der Waals surface area contributed by atoms with E-state index in [4.69, 9.17) is 9.47 Å². The van der Waals surface area contributed by atoms with Crippen LogP contribution in [0.1, 0.15) is 24.1 Å². The van der Waals surface area contributed by atoms with Crippen molar-refractivity contribution >= 4 is 17.2 Å². The molecule has 140 valence electrons. The predicted octanol–water partition coefficient (Wildman–Crippen LogP) is 3.38. The fraction of sp³-hybridized carbons (Fsp3) is 0.333. The maximum absolute atomic E-state index is 12.6. The van der Waals surface area contributed by atoms with Crippen molar-refractivity contribution in [1.29, 1.82) is 0 Å². The van der Waals surface area contributed by atoms with Crippen LogP contribution in [0.25, 0.3) is 5.65 Å². The number of fused-ring (bicyclic) bond motifs is 1. The number of carbonyl (C=O) groups is 1. The molecule has 0 aliphatic carbocycles. The number of anilines is 1. The Hall–Kier alpha value is -2.86. The first kappa shape index (κ1) is 17.5. The summed E-state index contributed by atoms with van der Waals surface area (Å²) in [4.78, 5) is 17.0. The smallest absolute Gasteiger partial charge is 0.230 e. The van der Waals surface area contributed by atoms with E-state index in [1.54, 1.807) is 6.20 Å². The van der Waals surface area contributed by atoms with Crippen molar-refractivity contribution in [3.05, 3.63) is 60.0 Å². The van der Waals surface area contributed by atoms with Gasteiger partial charge in [0.1, 0.15) is 18.0 Å². The Balaban J connectivity index is 1.44. The highest BCUT2D eigenvalue weighted by molar-refractivity contribution is 5.93. The summed E-state index contributed by atoms with van der Waals surface area (Å²) >= 11 is 0. The number of para-hydroxylation sites is 2. The van der Waals surface area contributed by atoms with Gasteiger partial charge in [-0.15, -0.1) is 0 Å². The number of ether oxygens (including phenoxy) is 2. The van der Waals surface area contributed by atoms with E-state index in [2.05, 4.69) is 10.3 Å². The van der Waals surface area contributed by atoms with Crippen LogP contribution in [-0.2, 0) is 16.0 Å². The fourth-order valence-corrected chi connectivity index (χ4v) is 3.35. The van der Waals surface area contributed by atoms with E-state index in [-0.39, 0.29) is 18.4 Å². The molecular weight excluding hydrogens is 342 g/mol. The minimum Gasteiger partial charge on any atom is -0.489 e. The Morgan fingerprint density at radius 2 is 2.22 bits per heavy atom. The Morgan fingerprint density at radius 3 is 3.07 bits per heavy atom. The highest BCUT2D eigenvalue weighted by Gasteiger charge is 2.17. The van der Waals surface area contributed by atoms with E-state index >= 15 is 0 Å². The normalized spacial score (nSPS) is 16.6. The predicted molar refractivity (Wildman–Crippen MR) is 103 cm³/mol. The van der Waals surface area contributed by atoms with E-state index < -0.39 is 0 Å². The monoisotopic (exact) mass is 365 g/mol. The van der Waals surface area contributed by atoms with E-state index in [9.17, 15) is 4.79 Å². The van der Waals surface area contributed by atoms with Gasteiger partial charge in [-0.3, -0.25) is 4.79 Å². The lowest BCUT2D eigenvalue weighted by atomic mass is 10.2. The average Bonchev–Trinajstić information content (AvgIpc) is 3.32. The Morgan fingerprint density at radius 1 is 1.33 bits per heavy atom. The van der Waals surface area contributed by atoms with E-state index in [0.717, 1.165) is 36.4 Å². The first-order valence-electron chi connectivity index (χ1n) is 9.25. The zero-order chi connectivity index (χ0) is 18.6. The molecule has 1 saturated heterocycles.